The van der Waals surface area contributed by atoms with Gasteiger partial charge in [0.25, 0.3) is 0 Å². The van der Waals surface area contributed by atoms with E-state index in [0.29, 0.717) is 0 Å². The Morgan fingerprint density at radius 2 is 2.21 bits per heavy atom. The molecule has 3 aromatic rings. The van der Waals surface area contributed by atoms with Crippen LogP contribution in [0.2, 0.25) is 0 Å². The summed E-state index contributed by atoms with van der Waals surface area (Å²) in [6, 6.07) is 8.29. The van der Waals surface area contributed by atoms with E-state index in [4.69, 9.17) is 0 Å². The first-order valence-electron chi connectivity index (χ1n) is 6.34. The number of rotatable bonds is 5. The number of thiazole rings is 1. The minimum Gasteiger partial charge on any atom is -0.312 e. The van der Waals surface area contributed by atoms with Gasteiger partial charge in [0.15, 0.2) is 0 Å². The Morgan fingerprint density at radius 3 is 3.00 bits per heavy atom. The largest absolute Gasteiger partial charge is 0.312 e. The van der Waals surface area contributed by atoms with Crippen molar-refractivity contribution in [1.29, 1.82) is 0 Å². The lowest BCUT2D eigenvalue weighted by Gasteiger charge is -2.00. The summed E-state index contributed by atoms with van der Waals surface area (Å²) in [6.07, 6.45) is 4.90. The Labute approximate surface area is 116 Å². The van der Waals surface area contributed by atoms with E-state index in [1.807, 2.05) is 30.2 Å². The third kappa shape index (κ3) is 3.00. The molecule has 2 aromatic heterocycles. The molecule has 0 bridgehead atoms. The van der Waals surface area contributed by atoms with Crippen LogP contribution in [-0.2, 0) is 20.0 Å². The van der Waals surface area contributed by atoms with Crippen molar-refractivity contribution in [1.82, 2.24) is 20.1 Å². The molecule has 2 heterocycles. The van der Waals surface area contributed by atoms with Crippen molar-refractivity contribution in [2.45, 2.75) is 13.0 Å². The van der Waals surface area contributed by atoms with Crippen molar-refractivity contribution in [3.05, 3.63) is 47.2 Å². The van der Waals surface area contributed by atoms with E-state index in [9.17, 15) is 0 Å². The molecule has 0 aliphatic carbocycles. The molecule has 0 fully saturated rings. The van der Waals surface area contributed by atoms with Crippen LogP contribution in [0.4, 0.5) is 0 Å². The molecule has 4 nitrogen and oxygen atoms in total. The van der Waals surface area contributed by atoms with Gasteiger partial charge in [0.05, 0.1) is 21.4 Å². The van der Waals surface area contributed by atoms with Crippen molar-refractivity contribution in [2.24, 2.45) is 7.05 Å². The number of aromatic nitrogens is 3. The van der Waals surface area contributed by atoms with Crippen molar-refractivity contribution in [3.8, 4) is 0 Å². The van der Waals surface area contributed by atoms with Gasteiger partial charge in [-0.15, -0.1) is 11.3 Å². The highest BCUT2D eigenvalue weighted by atomic mass is 32.1. The summed E-state index contributed by atoms with van der Waals surface area (Å²) in [4.78, 5) is 4.62. The van der Waals surface area contributed by atoms with Crippen LogP contribution in [-0.4, -0.2) is 21.3 Å². The third-order valence-electron chi connectivity index (χ3n) is 2.94. The summed E-state index contributed by atoms with van der Waals surface area (Å²) < 4.78 is 3.09. The first kappa shape index (κ1) is 12.3. The van der Waals surface area contributed by atoms with Crippen LogP contribution >= 0.6 is 11.3 Å². The number of para-hydroxylation sites is 1. The van der Waals surface area contributed by atoms with Gasteiger partial charge in [0.1, 0.15) is 0 Å². The highest BCUT2D eigenvalue weighted by molar-refractivity contribution is 7.18. The number of nitrogens with zero attached hydrogens (tertiary/aromatic N) is 3. The lowest BCUT2D eigenvalue weighted by atomic mass is 10.3. The molecule has 5 heteroatoms. The van der Waals surface area contributed by atoms with Gasteiger partial charge in [0, 0.05) is 38.3 Å². The van der Waals surface area contributed by atoms with Crippen LogP contribution < -0.4 is 5.32 Å². The standard InChI is InChI=1S/C14H16N4S/c1-18-10-11(9-16-18)8-15-7-6-14-17-12-4-2-3-5-13(12)19-14/h2-5,9-10,15H,6-8H2,1H3. The van der Waals surface area contributed by atoms with Crippen LogP contribution in [0.25, 0.3) is 10.2 Å². The predicted octanol–water partition coefficient (Wildman–Crippen LogP) is 2.36. The molecular formula is C14H16N4S. The minimum atomic E-state index is 0.860. The molecule has 0 radical (unpaired) electrons. The summed E-state index contributed by atoms with van der Waals surface area (Å²) in [5.41, 5.74) is 2.32. The van der Waals surface area contributed by atoms with Crippen molar-refractivity contribution in [2.75, 3.05) is 6.54 Å². The zero-order valence-corrected chi connectivity index (χ0v) is 11.7. The molecule has 19 heavy (non-hydrogen) atoms. The van der Waals surface area contributed by atoms with Gasteiger partial charge in [-0.2, -0.15) is 5.10 Å². The molecule has 0 aliphatic heterocycles. The molecule has 98 valence electrons. The number of aryl methyl sites for hydroxylation is 1. The summed E-state index contributed by atoms with van der Waals surface area (Å²) in [5.74, 6) is 0. The SMILES string of the molecule is Cn1cc(CNCCc2nc3ccccc3s2)cn1. The molecule has 1 N–H and O–H groups in total. The van der Waals surface area contributed by atoms with Gasteiger partial charge in [-0.05, 0) is 12.1 Å². The molecule has 3 rings (SSSR count). The Hall–Kier alpha value is -1.72. The minimum absolute atomic E-state index is 0.860. The second-order valence-electron chi connectivity index (χ2n) is 4.52. The number of benzene rings is 1. The van der Waals surface area contributed by atoms with Crippen LogP contribution in [0.15, 0.2) is 36.7 Å². The van der Waals surface area contributed by atoms with E-state index < -0.39 is 0 Å². The molecular weight excluding hydrogens is 256 g/mol. The predicted molar refractivity (Wildman–Crippen MR) is 78.2 cm³/mol. The Kier molecular flexibility index (Phi) is 3.57. The normalized spacial score (nSPS) is 11.2. The average molecular weight is 272 g/mol. The third-order valence-corrected chi connectivity index (χ3v) is 4.04. The molecule has 1 aromatic carbocycles. The van der Waals surface area contributed by atoms with Crippen LogP contribution in [0.5, 0.6) is 0 Å². The second-order valence-corrected chi connectivity index (χ2v) is 5.64. The van der Waals surface area contributed by atoms with Gasteiger partial charge < -0.3 is 5.32 Å². The molecule has 0 atom stereocenters. The number of fused-ring (bicyclic) bond motifs is 1. The molecule has 0 saturated carbocycles. The Bertz CT molecular complexity index is 638. The van der Waals surface area contributed by atoms with Gasteiger partial charge in [-0.3, -0.25) is 4.68 Å². The fourth-order valence-corrected chi connectivity index (χ4v) is 2.98. The van der Waals surface area contributed by atoms with Gasteiger partial charge in [0.2, 0.25) is 0 Å². The number of hydrogen-bond donors (Lipinski definition) is 1. The summed E-state index contributed by atoms with van der Waals surface area (Å²) >= 11 is 1.78. The number of nitrogens with one attached hydrogen (secondary N) is 1. The van der Waals surface area contributed by atoms with Crippen LogP contribution in [0.1, 0.15) is 10.6 Å². The smallest absolute Gasteiger partial charge is 0.0951 e. The van der Waals surface area contributed by atoms with E-state index in [2.05, 4.69) is 33.6 Å². The van der Waals surface area contributed by atoms with Gasteiger partial charge in [-0.1, -0.05) is 12.1 Å². The topological polar surface area (TPSA) is 42.7 Å². The zero-order chi connectivity index (χ0) is 13.1. The first-order chi connectivity index (χ1) is 9.31. The Morgan fingerprint density at radius 1 is 1.32 bits per heavy atom. The second kappa shape index (κ2) is 5.50. The Balaban J connectivity index is 1.52. The fraction of sp³-hybridized carbons (Fsp3) is 0.286. The number of hydrogen-bond acceptors (Lipinski definition) is 4. The lowest BCUT2D eigenvalue weighted by molar-refractivity contribution is 0.684. The maximum Gasteiger partial charge on any atom is 0.0951 e. The monoisotopic (exact) mass is 272 g/mol. The summed E-state index contributed by atoms with van der Waals surface area (Å²) in [7, 11) is 1.94. The van der Waals surface area contributed by atoms with E-state index in [1.54, 1.807) is 11.3 Å². The fourth-order valence-electron chi connectivity index (χ4n) is 2.02. The molecule has 0 aliphatic rings. The molecule has 0 unspecified atom stereocenters. The van der Waals surface area contributed by atoms with Gasteiger partial charge >= 0.3 is 0 Å². The first-order valence-corrected chi connectivity index (χ1v) is 7.15. The molecule has 0 spiro atoms. The van der Waals surface area contributed by atoms with E-state index in [0.717, 1.165) is 25.0 Å². The highest BCUT2D eigenvalue weighted by Crippen LogP contribution is 2.21. The van der Waals surface area contributed by atoms with E-state index in [1.165, 1.54) is 15.3 Å². The van der Waals surface area contributed by atoms with Gasteiger partial charge in [-0.25, -0.2) is 4.98 Å². The quantitative estimate of drug-likeness (QED) is 0.725. The summed E-state index contributed by atoms with van der Waals surface area (Å²) in [6.45, 7) is 1.80. The molecule has 0 amide bonds. The summed E-state index contributed by atoms with van der Waals surface area (Å²) in [5, 5.41) is 8.76. The maximum absolute atomic E-state index is 4.62. The van der Waals surface area contributed by atoms with Crippen LogP contribution in [0.3, 0.4) is 0 Å². The van der Waals surface area contributed by atoms with Crippen LogP contribution in [0, 0.1) is 0 Å². The average Bonchev–Trinajstić information content (AvgIpc) is 3.00. The van der Waals surface area contributed by atoms with Crippen molar-refractivity contribution in [3.63, 3.8) is 0 Å². The van der Waals surface area contributed by atoms with E-state index in [-0.39, 0.29) is 0 Å². The van der Waals surface area contributed by atoms with Crippen molar-refractivity contribution >= 4 is 21.6 Å². The molecule has 0 saturated heterocycles. The van der Waals surface area contributed by atoms with Crippen molar-refractivity contribution < 1.29 is 0 Å². The lowest BCUT2D eigenvalue weighted by Crippen LogP contribution is -2.16. The van der Waals surface area contributed by atoms with E-state index >= 15 is 0 Å². The highest BCUT2D eigenvalue weighted by Gasteiger charge is 2.02. The maximum atomic E-state index is 4.62. The zero-order valence-electron chi connectivity index (χ0n) is 10.8.